The first-order valence-electron chi connectivity index (χ1n) is 7.97. The Kier molecular flexibility index (Phi) is 3.61. The molecule has 0 bridgehead atoms. The van der Waals surface area contributed by atoms with Gasteiger partial charge in [0.25, 0.3) is 0 Å². The summed E-state index contributed by atoms with van der Waals surface area (Å²) in [4.78, 5) is 11.7. The van der Waals surface area contributed by atoms with E-state index in [0.29, 0.717) is 17.9 Å². The van der Waals surface area contributed by atoms with Crippen LogP contribution in [0.1, 0.15) is 46.8 Å². The number of hydrogen-bond donors (Lipinski definition) is 1. The molecular formula is C20H18BrNO. The molecule has 23 heavy (non-hydrogen) atoms. The molecule has 0 spiro atoms. The summed E-state index contributed by atoms with van der Waals surface area (Å²) < 4.78 is 1.11. The fourth-order valence-corrected chi connectivity index (χ4v) is 4.26. The van der Waals surface area contributed by atoms with E-state index in [9.17, 15) is 4.79 Å². The van der Waals surface area contributed by atoms with E-state index in [4.69, 9.17) is 0 Å². The maximum atomic E-state index is 11.7. The predicted octanol–water partition coefficient (Wildman–Crippen LogP) is 5.48. The van der Waals surface area contributed by atoms with Crippen molar-refractivity contribution in [3.05, 3.63) is 75.8 Å². The third kappa shape index (κ3) is 2.53. The maximum Gasteiger partial charge on any atom is 0.159 e. The van der Waals surface area contributed by atoms with Crippen molar-refractivity contribution >= 4 is 27.4 Å². The highest BCUT2D eigenvalue weighted by Gasteiger charge is 2.38. The van der Waals surface area contributed by atoms with E-state index in [2.05, 4.69) is 69.8 Å². The van der Waals surface area contributed by atoms with Gasteiger partial charge in [-0.2, -0.15) is 0 Å². The molecule has 0 saturated carbocycles. The molecule has 0 amide bonds. The molecule has 116 valence electrons. The first-order valence-corrected chi connectivity index (χ1v) is 8.76. The lowest BCUT2D eigenvalue weighted by atomic mass is 9.76. The molecule has 0 unspecified atom stereocenters. The van der Waals surface area contributed by atoms with Gasteiger partial charge >= 0.3 is 0 Å². The lowest BCUT2D eigenvalue weighted by molar-refractivity contribution is 0.101. The SMILES string of the molecule is CC(=O)c1ccc2c(c1)[C@@H]1C=CC[C@@H]1[C@@H](c1cccc(Br)c1)N2. The minimum Gasteiger partial charge on any atom is -0.378 e. The number of carbonyl (C=O) groups excluding carboxylic acids is 1. The Labute approximate surface area is 144 Å². The minimum absolute atomic E-state index is 0.125. The van der Waals surface area contributed by atoms with Gasteiger partial charge in [0.05, 0.1) is 6.04 Å². The number of allylic oxidation sites excluding steroid dienone is 2. The van der Waals surface area contributed by atoms with Crippen molar-refractivity contribution in [1.82, 2.24) is 0 Å². The second kappa shape index (κ2) is 5.64. The summed E-state index contributed by atoms with van der Waals surface area (Å²) in [5, 5.41) is 3.71. The Morgan fingerprint density at radius 3 is 2.87 bits per heavy atom. The average molecular weight is 368 g/mol. The molecule has 3 heteroatoms. The van der Waals surface area contributed by atoms with Gasteiger partial charge in [0.1, 0.15) is 0 Å². The number of nitrogens with one attached hydrogen (secondary N) is 1. The normalized spacial score (nSPS) is 24.7. The van der Waals surface area contributed by atoms with Crippen LogP contribution in [0.3, 0.4) is 0 Å². The van der Waals surface area contributed by atoms with E-state index >= 15 is 0 Å². The molecule has 1 N–H and O–H groups in total. The zero-order chi connectivity index (χ0) is 16.0. The number of Topliss-reactive ketones (excluding diaryl/α,β-unsaturated/α-hetero) is 1. The van der Waals surface area contributed by atoms with E-state index in [1.165, 1.54) is 11.1 Å². The molecule has 1 aliphatic heterocycles. The Morgan fingerprint density at radius 1 is 1.22 bits per heavy atom. The Morgan fingerprint density at radius 2 is 2.09 bits per heavy atom. The van der Waals surface area contributed by atoms with Crippen LogP contribution in [0.2, 0.25) is 0 Å². The molecule has 2 nitrogen and oxygen atoms in total. The minimum atomic E-state index is 0.125. The first kappa shape index (κ1) is 14.7. The average Bonchev–Trinajstić information content (AvgIpc) is 3.03. The summed E-state index contributed by atoms with van der Waals surface area (Å²) in [6.07, 6.45) is 5.65. The molecule has 0 fully saturated rings. The van der Waals surface area contributed by atoms with Crippen LogP contribution in [0.5, 0.6) is 0 Å². The van der Waals surface area contributed by atoms with Gasteiger partial charge in [-0.3, -0.25) is 4.79 Å². The zero-order valence-electron chi connectivity index (χ0n) is 12.9. The third-order valence-corrected chi connectivity index (χ3v) is 5.47. The quantitative estimate of drug-likeness (QED) is 0.562. The van der Waals surface area contributed by atoms with Crippen LogP contribution in [0.25, 0.3) is 0 Å². The van der Waals surface area contributed by atoms with Gasteiger partial charge in [-0.05, 0) is 60.7 Å². The van der Waals surface area contributed by atoms with E-state index in [0.717, 1.165) is 22.1 Å². The van der Waals surface area contributed by atoms with E-state index in [-0.39, 0.29) is 5.78 Å². The summed E-state index contributed by atoms with van der Waals surface area (Å²) >= 11 is 3.58. The molecule has 1 heterocycles. The summed E-state index contributed by atoms with van der Waals surface area (Å²) in [7, 11) is 0. The number of hydrogen-bond acceptors (Lipinski definition) is 2. The molecule has 2 aliphatic rings. The highest BCUT2D eigenvalue weighted by Crippen LogP contribution is 2.50. The van der Waals surface area contributed by atoms with Crippen LogP contribution >= 0.6 is 15.9 Å². The van der Waals surface area contributed by atoms with Gasteiger partial charge < -0.3 is 5.32 Å². The first-order chi connectivity index (χ1) is 11.1. The van der Waals surface area contributed by atoms with Crippen LogP contribution in [0.4, 0.5) is 5.69 Å². The Balaban J connectivity index is 1.79. The van der Waals surface area contributed by atoms with Crippen molar-refractivity contribution < 1.29 is 4.79 Å². The van der Waals surface area contributed by atoms with Crippen LogP contribution in [0.15, 0.2) is 59.1 Å². The van der Waals surface area contributed by atoms with Crippen molar-refractivity contribution in [2.45, 2.75) is 25.3 Å². The third-order valence-electron chi connectivity index (χ3n) is 4.98. The van der Waals surface area contributed by atoms with Gasteiger partial charge in [-0.1, -0.05) is 40.2 Å². The second-order valence-corrected chi connectivity index (χ2v) is 7.30. The Bertz CT molecular complexity index is 811. The van der Waals surface area contributed by atoms with Crippen molar-refractivity contribution in [1.29, 1.82) is 0 Å². The number of halogens is 1. The maximum absolute atomic E-state index is 11.7. The molecule has 0 radical (unpaired) electrons. The largest absolute Gasteiger partial charge is 0.378 e. The van der Waals surface area contributed by atoms with Crippen LogP contribution in [0, 0.1) is 5.92 Å². The molecule has 0 saturated heterocycles. The standard InChI is InChI=1S/C20H18BrNO/c1-12(23)13-8-9-19-18(11-13)16-6-3-7-17(16)20(22-19)14-4-2-5-15(21)10-14/h2-6,8-11,16-17,20,22H,7H2,1H3/t16-,17+,20-/m1/s1. The Hall–Kier alpha value is -1.87. The lowest BCUT2D eigenvalue weighted by Crippen LogP contribution is -2.29. The molecule has 2 aromatic rings. The molecule has 0 aromatic heterocycles. The molecule has 3 atom stereocenters. The van der Waals surface area contributed by atoms with Crippen molar-refractivity contribution in [3.63, 3.8) is 0 Å². The lowest BCUT2D eigenvalue weighted by Gasteiger charge is -2.37. The van der Waals surface area contributed by atoms with Gasteiger partial charge in [0.15, 0.2) is 5.78 Å². The second-order valence-electron chi connectivity index (χ2n) is 6.39. The fraction of sp³-hybridized carbons (Fsp3) is 0.250. The van der Waals surface area contributed by atoms with Crippen LogP contribution in [-0.4, -0.2) is 5.78 Å². The highest BCUT2D eigenvalue weighted by atomic mass is 79.9. The topological polar surface area (TPSA) is 29.1 Å². The smallest absolute Gasteiger partial charge is 0.159 e. The summed E-state index contributed by atoms with van der Waals surface area (Å²) in [6.45, 7) is 1.63. The van der Waals surface area contributed by atoms with Gasteiger partial charge in [-0.25, -0.2) is 0 Å². The van der Waals surface area contributed by atoms with Crippen LogP contribution < -0.4 is 5.32 Å². The van der Waals surface area contributed by atoms with E-state index in [1.807, 2.05) is 6.07 Å². The number of carbonyl (C=O) groups is 1. The number of ketones is 1. The molecule has 1 aliphatic carbocycles. The number of rotatable bonds is 2. The number of fused-ring (bicyclic) bond motifs is 3. The summed E-state index contributed by atoms with van der Waals surface area (Å²) in [6, 6.07) is 14.9. The molecule has 4 rings (SSSR count). The van der Waals surface area contributed by atoms with Gasteiger partial charge in [0, 0.05) is 21.6 Å². The molecular weight excluding hydrogens is 350 g/mol. The molecule has 2 aromatic carbocycles. The monoisotopic (exact) mass is 367 g/mol. The fourth-order valence-electron chi connectivity index (χ4n) is 3.84. The van der Waals surface area contributed by atoms with Crippen LogP contribution in [-0.2, 0) is 0 Å². The van der Waals surface area contributed by atoms with Crippen molar-refractivity contribution in [2.24, 2.45) is 5.92 Å². The van der Waals surface area contributed by atoms with E-state index in [1.54, 1.807) is 6.92 Å². The van der Waals surface area contributed by atoms with E-state index < -0.39 is 0 Å². The summed E-state index contributed by atoms with van der Waals surface area (Å²) in [5.74, 6) is 1.01. The number of benzene rings is 2. The van der Waals surface area contributed by atoms with Gasteiger partial charge in [-0.15, -0.1) is 0 Å². The highest BCUT2D eigenvalue weighted by molar-refractivity contribution is 9.10. The number of anilines is 1. The zero-order valence-corrected chi connectivity index (χ0v) is 14.5. The predicted molar refractivity (Wildman–Crippen MR) is 96.9 cm³/mol. The van der Waals surface area contributed by atoms with Crippen molar-refractivity contribution in [2.75, 3.05) is 5.32 Å². The van der Waals surface area contributed by atoms with Crippen molar-refractivity contribution in [3.8, 4) is 0 Å². The summed E-state index contributed by atoms with van der Waals surface area (Å²) in [5.41, 5.74) is 4.50. The van der Waals surface area contributed by atoms with Gasteiger partial charge in [0.2, 0.25) is 0 Å².